The number of hydrogen-bond acceptors (Lipinski definition) is 4. The number of aliphatic hydroxyl groups excluding tert-OH is 1. The second kappa shape index (κ2) is 5.64. The van der Waals surface area contributed by atoms with Gasteiger partial charge >= 0.3 is 0 Å². The molecule has 0 bridgehead atoms. The number of halogens is 1. The van der Waals surface area contributed by atoms with Crippen molar-refractivity contribution >= 4 is 15.7 Å². The molecule has 18 heavy (non-hydrogen) atoms. The van der Waals surface area contributed by atoms with Gasteiger partial charge in [-0.25, -0.2) is 17.9 Å². The van der Waals surface area contributed by atoms with Gasteiger partial charge in [0.25, 0.3) is 0 Å². The number of rotatable bonds is 5. The van der Waals surface area contributed by atoms with Crippen LogP contribution in [-0.2, 0) is 10.0 Å². The molecule has 0 aromatic heterocycles. The largest absolute Gasteiger partial charge is 0.394 e. The number of primary sulfonamides is 1. The van der Waals surface area contributed by atoms with E-state index in [1.807, 2.05) is 13.8 Å². The van der Waals surface area contributed by atoms with E-state index in [2.05, 4.69) is 5.32 Å². The fourth-order valence-electron chi connectivity index (χ4n) is 1.41. The van der Waals surface area contributed by atoms with Crippen molar-refractivity contribution in [3.8, 4) is 0 Å². The van der Waals surface area contributed by atoms with Gasteiger partial charge in [0.2, 0.25) is 10.0 Å². The summed E-state index contributed by atoms with van der Waals surface area (Å²) in [6.07, 6.45) is 0. The first-order valence-corrected chi connectivity index (χ1v) is 7.00. The molecule has 0 radical (unpaired) electrons. The normalized spacial score (nSPS) is 13.7. The quantitative estimate of drug-likeness (QED) is 0.745. The molecule has 0 saturated heterocycles. The third-order valence-electron chi connectivity index (χ3n) is 2.61. The highest BCUT2D eigenvalue weighted by atomic mass is 32.2. The molecule has 0 aliphatic carbocycles. The lowest BCUT2D eigenvalue weighted by atomic mass is 10.1. The Morgan fingerprint density at radius 1 is 1.44 bits per heavy atom. The van der Waals surface area contributed by atoms with Gasteiger partial charge < -0.3 is 10.4 Å². The molecule has 0 aliphatic heterocycles. The van der Waals surface area contributed by atoms with Crippen molar-refractivity contribution in [3.05, 3.63) is 24.0 Å². The molecule has 1 atom stereocenters. The predicted molar refractivity (Wildman–Crippen MR) is 67.1 cm³/mol. The van der Waals surface area contributed by atoms with Gasteiger partial charge in [-0.3, -0.25) is 0 Å². The minimum absolute atomic E-state index is 0.104. The number of anilines is 1. The van der Waals surface area contributed by atoms with Crippen LogP contribution in [0, 0.1) is 11.7 Å². The summed E-state index contributed by atoms with van der Waals surface area (Å²) in [6, 6.07) is 3.06. The van der Waals surface area contributed by atoms with Crippen LogP contribution in [0.15, 0.2) is 23.1 Å². The van der Waals surface area contributed by atoms with Crippen LogP contribution in [0.5, 0.6) is 0 Å². The smallest absolute Gasteiger partial charge is 0.238 e. The van der Waals surface area contributed by atoms with Crippen LogP contribution in [0.1, 0.15) is 13.8 Å². The van der Waals surface area contributed by atoms with Crippen molar-refractivity contribution in [3.63, 3.8) is 0 Å². The number of benzene rings is 1. The van der Waals surface area contributed by atoms with E-state index in [1.54, 1.807) is 0 Å². The highest BCUT2D eigenvalue weighted by Crippen LogP contribution is 2.20. The van der Waals surface area contributed by atoms with Crippen LogP contribution in [-0.4, -0.2) is 26.2 Å². The molecule has 4 N–H and O–H groups in total. The molecule has 1 rings (SSSR count). The number of sulfonamides is 1. The molecule has 0 amide bonds. The summed E-state index contributed by atoms with van der Waals surface area (Å²) in [5.41, 5.74) is 0.134. The molecule has 0 aliphatic rings. The number of nitrogens with two attached hydrogens (primary N) is 1. The predicted octanol–water partition coefficient (Wildman–Crippen LogP) is 0.902. The maximum Gasteiger partial charge on any atom is 0.238 e. The van der Waals surface area contributed by atoms with Crippen molar-refractivity contribution in [2.24, 2.45) is 11.1 Å². The van der Waals surface area contributed by atoms with Gasteiger partial charge in [0.15, 0.2) is 0 Å². The maximum absolute atomic E-state index is 13.7. The highest BCUT2D eigenvalue weighted by molar-refractivity contribution is 7.89. The minimum atomic E-state index is -3.91. The summed E-state index contributed by atoms with van der Waals surface area (Å²) in [6.45, 7) is 3.61. The van der Waals surface area contributed by atoms with Crippen LogP contribution in [0.25, 0.3) is 0 Å². The SMILES string of the molecule is CC(C)[C@@H](CO)Nc1ccc(S(N)(=O)=O)cc1F. The molecule has 0 unspecified atom stereocenters. The number of nitrogens with one attached hydrogen (secondary N) is 1. The van der Waals surface area contributed by atoms with E-state index in [4.69, 9.17) is 10.2 Å². The third kappa shape index (κ3) is 3.66. The molecule has 0 heterocycles. The summed E-state index contributed by atoms with van der Waals surface area (Å²) >= 11 is 0. The molecule has 1 aromatic carbocycles. The van der Waals surface area contributed by atoms with E-state index in [-0.39, 0.29) is 29.1 Å². The Labute approximate surface area is 106 Å². The second-order valence-electron chi connectivity index (χ2n) is 4.36. The molecule has 1 aromatic rings. The first-order chi connectivity index (χ1) is 8.25. The zero-order valence-electron chi connectivity index (χ0n) is 10.2. The lowest BCUT2D eigenvalue weighted by Gasteiger charge is -2.21. The molecular formula is C11H17FN2O3S. The Balaban J connectivity index is 3.00. The van der Waals surface area contributed by atoms with Gasteiger partial charge in [-0.15, -0.1) is 0 Å². The van der Waals surface area contributed by atoms with Gasteiger partial charge in [0.05, 0.1) is 23.2 Å². The first kappa shape index (κ1) is 14.9. The monoisotopic (exact) mass is 276 g/mol. The fourth-order valence-corrected chi connectivity index (χ4v) is 1.94. The van der Waals surface area contributed by atoms with E-state index in [0.29, 0.717) is 0 Å². The van der Waals surface area contributed by atoms with Crippen molar-refractivity contribution in [1.82, 2.24) is 0 Å². The first-order valence-electron chi connectivity index (χ1n) is 5.45. The zero-order valence-corrected chi connectivity index (χ0v) is 11.0. The summed E-state index contributed by atoms with van der Waals surface area (Å²) in [4.78, 5) is -0.282. The van der Waals surface area contributed by atoms with E-state index >= 15 is 0 Å². The van der Waals surface area contributed by atoms with E-state index < -0.39 is 15.8 Å². The molecule has 102 valence electrons. The van der Waals surface area contributed by atoms with Gasteiger partial charge in [-0.05, 0) is 24.1 Å². The van der Waals surface area contributed by atoms with Gasteiger partial charge in [-0.1, -0.05) is 13.8 Å². The van der Waals surface area contributed by atoms with Gasteiger partial charge in [0, 0.05) is 0 Å². The molecule has 0 fully saturated rings. The van der Waals surface area contributed by atoms with E-state index in [1.165, 1.54) is 12.1 Å². The van der Waals surface area contributed by atoms with Crippen LogP contribution in [0.4, 0.5) is 10.1 Å². The lowest BCUT2D eigenvalue weighted by Crippen LogP contribution is -2.29. The summed E-state index contributed by atoms with van der Waals surface area (Å²) < 4.78 is 35.7. The van der Waals surface area contributed by atoms with Crippen molar-refractivity contribution in [2.75, 3.05) is 11.9 Å². The van der Waals surface area contributed by atoms with E-state index in [9.17, 15) is 12.8 Å². The topological polar surface area (TPSA) is 92.4 Å². The van der Waals surface area contributed by atoms with Crippen molar-refractivity contribution < 1.29 is 17.9 Å². The second-order valence-corrected chi connectivity index (χ2v) is 5.93. The summed E-state index contributed by atoms with van der Waals surface area (Å²) in [7, 11) is -3.91. The zero-order chi connectivity index (χ0) is 13.9. The maximum atomic E-state index is 13.7. The Hall–Kier alpha value is -1.18. The third-order valence-corrected chi connectivity index (χ3v) is 3.52. The van der Waals surface area contributed by atoms with E-state index in [0.717, 1.165) is 6.07 Å². The van der Waals surface area contributed by atoms with Crippen LogP contribution in [0.3, 0.4) is 0 Å². The summed E-state index contributed by atoms with van der Waals surface area (Å²) in [5, 5.41) is 16.8. The Morgan fingerprint density at radius 3 is 2.44 bits per heavy atom. The highest BCUT2D eigenvalue weighted by Gasteiger charge is 2.16. The average Bonchev–Trinajstić information content (AvgIpc) is 2.25. The summed E-state index contributed by atoms with van der Waals surface area (Å²) in [5.74, 6) is -0.618. The van der Waals surface area contributed by atoms with Crippen LogP contribution < -0.4 is 10.5 Å². The Morgan fingerprint density at radius 2 is 2.06 bits per heavy atom. The lowest BCUT2D eigenvalue weighted by molar-refractivity contribution is 0.249. The minimum Gasteiger partial charge on any atom is -0.394 e. The molecule has 0 saturated carbocycles. The molecule has 5 nitrogen and oxygen atoms in total. The van der Waals surface area contributed by atoms with Crippen molar-refractivity contribution in [1.29, 1.82) is 0 Å². The fraction of sp³-hybridized carbons (Fsp3) is 0.455. The molecule has 7 heteroatoms. The van der Waals surface area contributed by atoms with Crippen LogP contribution in [0.2, 0.25) is 0 Å². The van der Waals surface area contributed by atoms with Gasteiger partial charge in [0.1, 0.15) is 5.82 Å². The van der Waals surface area contributed by atoms with Crippen LogP contribution >= 0.6 is 0 Å². The number of hydrogen-bond donors (Lipinski definition) is 3. The Bertz CT molecular complexity index is 517. The number of aliphatic hydroxyl groups is 1. The molecular weight excluding hydrogens is 259 g/mol. The standard InChI is InChI=1S/C11H17FN2O3S/c1-7(2)11(6-15)14-10-4-3-8(5-9(10)12)18(13,16)17/h3-5,7,11,14-15H,6H2,1-2H3,(H2,13,16,17)/t11-/m1/s1. The van der Waals surface area contributed by atoms with Gasteiger partial charge in [-0.2, -0.15) is 0 Å². The molecule has 0 spiro atoms. The Kier molecular flexibility index (Phi) is 4.66. The van der Waals surface area contributed by atoms with Crippen molar-refractivity contribution in [2.45, 2.75) is 24.8 Å². The average molecular weight is 276 g/mol.